The Morgan fingerprint density at radius 3 is 2.38 bits per heavy atom. The Kier molecular flexibility index (Phi) is 4.47. The van der Waals surface area contributed by atoms with Crippen LogP contribution in [0, 0.1) is 12.3 Å². The summed E-state index contributed by atoms with van der Waals surface area (Å²) in [4.78, 5) is 0.496. The Hall–Kier alpha value is -0.0200. The van der Waals surface area contributed by atoms with E-state index in [0.29, 0.717) is 4.83 Å². The molecule has 1 atom stereocenters. The normalized spacial score (nSPS) is 14.2. The van der Waals surface area contributed by atoms with Crippen LogP contribution in [0.4, 0.5) is 0 Å². The van der Waals surface area contributed by atoms with Gasteiger partial charge in [-0.15, -0.1) is 0 Å². The van der Waals surface area contributed by atoms with Crippen LogP contribution < -0.4 is 0 Å². The molecule has 2 nitrogen and oxygen atoms in total. The molecule has 16 heavy (non-hydrogen) atoms. The van der Waals surface area contributed by atoms with Gasteiger partial charge in [-0.1, -0.05) is 48.3 Å². The van der Waals surface area contributed by atoms with Crippen molar-refractivity contribution in [2.75, 3.05) is 0 Å². The summed E-state index contributed by atoms with van der Waals surface area (Å²) in [7, 11) is 1.88. The third-order valence-electron chi connectivity index (χ3n) is 2.86. The van der Waals surface area contributed by atoms with E-state index in [0.717, 1.165) is 23.7 Å². The number of rotatable bonds is 3. The van der Waals surface area contributed by atoms with Crippen molar-refractivity contribution in [3.05, 3.63) is 16.4 Å². The highest BCUT2D eigenvalue weighted by Gasteiger charge is 2.22. The lowest BCUT2D eigenvalue weighted by molar-refractivity contribution is 0.385. The minimum absolute atomic E-state index is 0.280. The smallest absolute Gasteiger partial charge is 0.130 e. The second-order valence-corrected chi connectivity index (χ2v) is 6.81. The van der Waals surface area contributed by atoms with Gasteiger partial charge < -0.3 is 0 Å². The van der Waals surface area contributed by atoms with Crippen LogP contribution in [0.15, 0.2) is 0 Å². The minimum Gasteiger partial charge on any atom is -0.257 e. The lowest BCUT2D eigenvalue weighted by Gasteiger charge is -2.25. The lowest BCUT2D eigenvalue weighted by atomic mass is 9.89. The minimum atomic E-state index is 0.280. The van der Waals surface area contributed by atoms with Crippen LogP contribution in [0.1, 0.15) is 38.4 Å². The predicted octanol–water partition coefficient (Wildman–Crippen LogP) is 4.12. The molecule has 0 aliphatic carbocycles. The molecular weight excluding hydrogens is 288 g/mol. The van der Waals surface area contributed by atoms with E-state index in [1.54, 1.807) is 4.68 Å². The van der Waals surface area contributed by atoms with Gasteiger partial charge in [0.15, 0.2) is 0 Å². The standard InChI is InChI=1S/C12H20BrClN2/c1-8-9(11(14)16(5)15-8)6-7-10(13)12(2,3)4/h10H,6-7H2,1-5H3. The fourth-order valence-corrected chi connectivity index (χ4v) is 2.16. The number of alkyl halides is 1. The molecule has 0 saturated heterocycles. The van der Waals surface area contributed by atoms with Crippen LogP contribution in [0.5, 0.6) is 0 Å². The summed E-state index contributed by atoms with van der Waals surface area (Å²) >= 11 is 9.94. The first kappa shape index (κ1) is 14.0. The molecule has 0 aliphatic heterocycles. The van der Waals surface area contributed by atoms with E-state index in [4.69, 9.17) is 11.6 Å². The number of hydrogen-bond acceptors (Lipinski definition) is 1. The Bertz CT molecular complexity index is 366. The average molecular weight is 308 g/mol. The van der Waals surface area contributed by atoms with Crippen LogP contribution in [0.25, 0.3) is 0 Å². The zero-order chi connectivity index (χ0) is 12.5. The molecule has 92 valence electrons. The van der Waals surface area contributed by atoms with Crippen LogP contribution in [-0.4, -0.2) is 14.6 Å². The monoisotopic (exact) mass is 306 g/mol. The molecule has 0 saturated carbocycles. The summed E-state index contributed by atoms with van der Waals surface area (Å²) < 4.78 is 1.74. The zero-order valence-electron chi connectivity index (χ0n) is 10.6. The lowest BCUT2D eigenvalue weighted by Crippen LogP contribution is -2.20. The maximum atomic E-state index is 6.20. The molecule has 0 N–H and O–H groups in total. The summed E-state index contributed by atoms with van der Waals surface area (Å²) in [5.74, 6) is 0. The molecule has 1 rings (SSSR count). The molecule has 1 aromatic rings. The third-order valence-corrected chi connectivity index (χ3v) is 5.16. The summed E-state index contributed by atoms with van der Waals surface area (Å²) in [5, 5.41) is 5.09. The number of aromatic nitrogens is 2. The molecule has 0 amide bonds. The van der Waals surface area contributed by atoms with Crippen molar-refractivity contribution in [3.8, 4) is 0 Å². The van der Waals surface area contributed by atoms with E-state index in [9.17, 15) is 0 Å². The van der Waals surface area contributed by atoms with E-state index < -0.39 is 0 Å². The van der Waals surface area contributed by atoms with Crippen LogP contribution >= 0.6 is 27.5 Å². The van der Waals surface area contributed by atoms with Crippen LogP contribution in [-0.2, 0) is 13.5 Å². The van der Waals surface area contributed by atoms with Crippen LogP contribution in [0.3, 0.4) is 0 Å². The Labute approximate surface area is 111 Å². The molecule has 0 radical (unpaired) electrons. The van der Waals surface area contributed by atoms with Gasteiger partial charge >= 0.3 is 0 Å². The van der Waals surface area contributed by atoms with Gasteiger partial charge in [0, 0.05) is 17.4 Å². The molecule has 0 aliphatic rings. The van der Waals surface area contributed by atoms with E-state index in [-0.39, 0.29) is 5.41 Å². The highest BCUT2D eigenvalue weighted by atomic mass is 79.9. The highest BCUT2D eigenvalue weighted by molar-refractivity contribution is 9.09. The topological polar surface area (TPSA) is 17.8 Å². The molecule has 0 aromatic carbocycles. The van der Waals surface area contributed by atoms with Gasteiger partial charge in [0.05, 0.1) is 5.69 Å². The SMILES string of the molecule is Cc1nn(C)c(Cl)c1CCC(Br)C(C)(C)C. The van der Waals surface area contributed by atoms with E-state index >= 15 is 0 Å². The average Bonchev–Trinajstić information content (AvgIpc) is 2.37. The van der Waals surface area contributed by atoms with Crippen molar-refractivity contribution in [1.82, 2.24) is 9.78 Å². The molecule has 1 heterocycles. The molecule has 0 fully saturated rings. The Morgan fingerprint density at radius 2 is 2.00 bits per heavy atom. The summed E-state index contributed by atoms with van der Waals surface area (Å²) in [5.41, 5.74) is 2.50. The van der Waals surface area contributed by atoms with E-state index in [1.807, 2.05) is 14.0 Å². The van der Waals surface area contributed by atoms with Crippen molar-refractivity contribution in [2.24, 2.45) is 12.5 Å². The zero-order valence-corrected chi connectivity index (χ0v) is 13.0. The van der Waals surface area contributed by atoms with Gasteiger partial charge in [0.1, 0.15) is 5.15 Å². The number of halogens is 2. The quantitative estimate of drug-likeness (QED) is 0.768. The first-order valence-corrected chi connectivity index (χ1v) is 6.85. The molecule has 4 heteroatoms. The maximum Gasteiger partial charge on any atom is 0.130 e. The molecule has 0 bridgehead atoms. The molecule has 1 unspecified atom stereocenters. The maximum absolute atomic E-state index is 6.20. The van der Waals surface area contributed by atoms with Gasteiger partial charge in [-0.2, -0.15) is 5.10 Å². The van der Waals surface area contributed by atoms with E-state index in [2.05, 4.69) is 41.8 Å². The molecule has 0 spiro atoms. The van der Waals surface area contributed by atoms with Crippen molar-refractivity contribution in [2.45, 2.75) is 45.4 Å². The highest BCUT2D eigenvalue weighted by Crippen LogP contribution is 2.31. The van der Waals surface area contributed by atoms with Crippen molar-refractivity contribution in [1.29, 1.82) is 0 Å². The Morgan fingerprint density at radius 1 is 1.44 bits per heavy atom. The number of nitrogens with zero attached hydrogens (tertiary/aromatic N) is 2. The summed E-state index contributed by atoms with van der Waals surface area (Å²) in [6.45, 7) is 8.74. The predicted molar refractivity (Wildman–Crippen MR) is 73.4 cm³/mol. The van der Waals surface area contributed by atoms with Crippen molar-refractivity contribution >= 4 is 27.5 Å². The van der Waals surface area contributed by atoms with Gasteiger partial charge in [0.25, 0.3) is 0 Å². The summed E-state index contributed by atoms with van der Waals surface area (Å²) in [6.07, 6.45) is 2.06. The second-order valence-electron chi connectivity index (χ2n) is 5.35. The van der Waals surface area contributed by atoms with E-state index in [1.165, 1.54) is 5.56 Å². The third kappa shape index (κ3) is 3.24. The number of hydrogen-bond donors (Lipinski definition) is 0. The fourth-order valence-electron chi connectivity index (χ4n) is 1.66. The van der Waals surface area contributed by atoms with Crippen molar-refractivity contribution < 1.29 is 0 Å². The van der Waals surface area contributed by atoms with Crippen LogP contribution in [0.2, 0.25) is 5.15 Å². The molecular formula is C12H20BrClN2. The van der Waals surface area contributed by atoms with Gasteiger partial charge in [-0.05, 0) is 25.2 Å². The Balaban J connectivity index is 2.68. The number of aryl methyl sites for hydroxylation is 2. The largest absolute Gasteiger partial charge is 0.257 e. The first-order chi connectivity index (χ1) is 7.23. The first-order valence-electron chi connectivity index (χ1n) is 5.55. The second kappa shape index (κ2) is 5.09. The van der Waals surface area contributed by atoms with Crippen molar-refractivity contribution in [3.63, 3.8) is 0 Å². The summed E-state index contributed by atoms with van der Waals surface area (Å²) in [6, 6.07) is 0. The van der Waals surface area contributed by atoms with Gasteiger partial charge in [0.2, 0.25) is 0 Å². The van der Waals surface area contributed by atoms with Gasteiger partial charge in [-0.25, -0.2) is 0 Å². The molecule has 1 aromatic heterocycles. The van der Waals surface area contributed by atoms with Gasteiger partial charge in [-0.3, -0.25) is 4.68 Å². The fraction of sp³-hybridized carbons (Fsp3) is 0.750.